The third-order valence-corrected chi connectivity index (χ3v) is 3.85. The molecule has 1 aliphatic heterocycles. The van der Waals surface area contributed by atoms with E-state index >= 15 is 0 Å². The number of benzene rings is 2. The minimum absolute atomic E-state index is 0.411. The topological polar surface area (TPSA) is 21.3 Å². The van der Waals surface area contributed by atoms with Crippen molar-refractivity contribution >= 4 is 0 Å². The number of hydrogen-bond donors (Lipinski definition) is 1. The Morgan fingerprint density at radius 2 is 1.95 bits per heavy atom. The van der Waals surface area contributed by atoms with Crippen LogP contribution in [0.1, 0.15) is 22.6 Å². The van der Waals surface area contributed by atoms with Crippen LogP contribution in [0.5, 0.6) is 5.75 Å². The smallest absolute Gasteiger partial charge is 0.119 e. The molecule has 0 fully saturated rings. The first-order valence-electron chi connectivity index (χ1n) is 6.81. The van der Waals surface area contributed by atoms with Gasteiger partial charge in [0.1, 0.15) is 5.75 Å². The molecule has 0 bridgehead atoms. The molecule has 0 spiro atoms. The zero-order valence-corrected chi connectivity index (χ0v) is 11.2. The van der Waals surface area contributed by atoms with Gasteiger partial charge in [-0.25, -0.2) is 0 Å². The second-order valence-corrected chi connectivity index (χ2v) is 4.98. The average molecular weight is 253 g/mol. The Morgan fingerprint density at radius 1 is 1.11 bits per heavy atom. The monoisotopic (exact) mass is 253 g/mol. The van der Waals surface area contributed by atoms with Crippen LogP contribution in [0, 0.1) is 0 Å². The number of methoxy groups -OCH3 is 1. The van der Waals surface area contributed by atoms with Crippen molar-refractivity contribution in [3.63, 3.8) is 0 Å². The first kappa shape index (κ1) is 12.2. The summed E-state index contributed by atoms with van der Waals surface area (Å²) in [5, 5.41) is 3.54. The lowest BCUT2D eigenvalue weighted by Crippen LogP contribution is -2.20. The molecule has 0 aromatic heterocycles. The van der Waals surface area contributed by atoms with Crippen molar-refractivity contribution in [1.29, 1.82) is 0 Å². The Kier molecular flexibility index (Phi) is 3.51. The summed E-state index contributed by atoms with van der Waals surface area (Å²) < 4.78 is 5.38. The summed E-state index contributed by atoms with van der Waals surface area (Å²) in [6, 6.07) is 17.2. The minimum Gasteiger partial charge on any atom is -0.497 e. The maximum Gasteiger partial charge on any atom is 0.119 e. The third kappa shape index (κ3) is 2.49. The molecule has 1 aliphatic rings. The van der Waals surface area contributed by atoms with Gasteiger partial charge >= 0.3 is 0 Å². The van der Waals surface area contributed by atoms with E-state index in [1.54, 1.807) is 7.11 Å². The summed E-state index contributed by atoms with van der Waals surface area (Å²) >= 11 is 0. The van der Waals surface area contributed by atoms with Gasteiger partial charge in [0.15, 0.2) is 0 Å². The van der Waals surface area contributed by atoms with E-state index in [1.165, 1.54) is 16.7 Å². The molecular weight excluding hydrogens is 234 g/mol. The van der Waals surface area contributed by atoms with Crippen molar-refractivity contribution < 1.29 is 4.74 Å². The Labute approximate surface area is 114 Å². The van der Waals surface area contributed by atoms with E-state index in [1.807, 2.05) is 0 Å². The summed E-state index contributed by atoms with van der Waals surface area (Å²) in [6.45, 7) is 2.03. The number of fused-ring (bicyclic) bond motifs is 1. The van der Waals surface area contributed by atoms with Gasteiger partial charge in [-0.3, -0.25) is 0 Å². The van der Waals surface area contributed by atoms with Crippen LogP contribution in [0.2, 0.25) is 0 Å². The molecule has 2 nitrogen and oxygen atoms in total. The van der Waals surface area contributed by atoms with Gasteiger partial charge in [-0.1, -0.05) is 36.4 Å². The van der Waals surface area contributed by atoms with Crippen molar-refractivity contribution in [3.8, 4) is 5.75 Å². The highest BCUT2D eigenvalue weighted by atomic mass is 16.5. The van der Waals surface area contributed by atoms with Crippen LogP contribution in [0.15, 0.2) is 48.5 Å². The fourth-order valence-corrected chi connectivity index (χ4v) is 2.81. The maximum atomic E-state index is 5.38. The van der Waals surface area contributed by atoms with E-state index in [2.05, 4.69) is 53.8 Å². The van der Waals surface area contributed by atoms with Crippen molar-refractivity contribution in [2.45, 2.75) is 12.3 Å². The zero-order valence-electron chi connectivity index (χ0n) is 11.2. The molecule has 3 rings (SSSR count). The normalized spacial score (nSPS) is 18.5. The molecule has 0 amide bonds. The van der Waals surface area contributed by atoms with Gasteiger partial charge in [0.2, 0.25) is 0 Å². The van der Waals surface area contributed by atoms with Gasteiger partial charge in [-0.05, 0) is 41.8 Å². The van der Waals surface area contributed by atoms with Crippen LogP contribution >= 0.6 is 0 Å². The van der Waals surface area contributed by atoms with Gasteiger partial charge < -0.3 is 10.1 Å². The summed E-state index contributed by atoms with van der Waals surface area (Å²) in [5.74, 6) is 1.36. The van der Waals surface area contributed by atoms with Crippen molar-refractivity contribution in [1.82, 2.24) is 5.32 Å². The molecule has 2 aromatic rings. The van der Waals surface area contributed by atoms with E-state index in [-0.39, 0.29) is 0 Å². The van der Waals surface area contributed by atoms with Crippen LogP contribution in [0.3, 0.4) is 0 Å². The zero-order chi connectivity index (χ0) is 13.1. The van der Waals surface area contributed by atoms with Gasteiger partial charge in [-0.15, -0.1) is 0 Å². The van der Waals surface area contributed by atoms with E-state index in [0.717, 1.165) is 25.3 Å². The molecule has 0 saturated carbocycles. The van der Waals surface area contributed by atoms with Crippen LogP contribution in [0.4, 0.5) is 0 Å². The predicted octanol–water partition coefficient (Wildman–Crippen LogP) is 2.97. The fourth-order valence-electron chi connectivity index (χ4n) is 2.81. The summed E-state index contributed by atoms with van der Waals surface area (Å²) in [5.41, 5.74) is 4.20. The Bertz CT molecular complexity index is 550. The number of nitrogens with one attached hydrogen (secondary N) is 1. The highest BCUT2D eigenvalue weighted by Gasteiger charge is 2.20. The molecule has 0 unspecified atom stereocenters. The quantitative estimate of drug-likeness (QED) is 0.888. The number of ether oxygens (including phenoxy) is 1. The number of hydrogen-bond acceptors (Lipinski definition) is 2. The lowest BCUT2D eigenvalue weighted by atomic mass is 9.88. The SMILES string of the molecule is COc1ccc2c(c1)[C@@H](c1ccccc1)CNCC2. The molecule has 1 heterocycles. The number of rotatable bonds is 2. The van der Waals surface area contributed by atoms with Gasteiger partial charge in [0, 0.05) is 12.5 Å². The highest BCUT2D eigenvalue weighted by Crippen LogP contribution is 2.31. The summed E-state index contributed by atoms with van der Waals surface area (Å²) in [4.78, 5) is 0. The Balaban J connectivity index is 2.07. The molecule has 1 N–H and O–H groups in total. The van der Waals surface area contributed by atoms with E-state index in [0.29, 0.717) is 5.92 Å². The molecule has 2 heteroatoms. The molecule has 0 radical (unpaired) electrons. The largest absolute Gasteiger partial charge is 0.497 e. The standard InChI is InChI=1S/C17H19NO/c1-19-15-8-7-14-9-10-18-12-17(16(14)11-15)13-5-3-2-4-6-13/h2-8,11,17-18H,9-10,12H2,1H3/t17-/m1/s1. The predicted molar refractivity (Wildman–Crippen MR) is 77.9 cm³/mol. The van der Waals surface area contributed by atoms with Crippen molar-refractivity contribution in [3.05, 3.63) is 65.2 Å². The second-order valence-electron chi connectivity index (χ2n) is 4.98. The lowest BCUT2D eigenvalue weighted by molar-refractivity contribution is 0.414. The van der Waals surface area contributed by atoms with Crippen LogP contribution in [-0.4, -0.2) is 20.2 Å². The first-order chi connectivity index (χ1) is 9.38. The molecule has 19 heavy (non-hydrogen) atoms. The van der Waals surface area contributed by atoms with E-state index in [9.17, 15) is 0 Å². The molecule has 2 aromatic carbocycles. The highest BCUT2D eigenvalue weighted by molar-refractivity contribution is 5.43. The van der Waals surface area contributed by atoms with Crippen molar-refractivity contribution in [2.24, 2.45) is 0 Å². The van der Waals surface area contributed by atoms with Gasteiger partial charge in [-0.2, -0.15) is 0 Å². The molecule has 0 saturated heterocycles. The Hall–Kier alpha value is -1.80. The third-order valence-electron chi connectivity index (χ3n) is 3.85. The van der Waals surface area contributed by atoms with Crippen molar-refractivity contribution in [2.75, 3.05) is 20.2 Å². The summed E-state index contributed by atoms with van der Waals surface area (Å²) in [6.07, 6.45) is 1.09. The average Bonchev–Trinajstić information content (AvgIpc) is 2.69. The molecule has 1 atom stereocenters. The summed E-state index contributed by atoms with van der Waals surface area (Å²) in [7, 11) is 1.73. The minimum atomic E-state index is 0.411. The van der Waals surface area contributed by atoms with E-state index in [4.69, 9.17) is 4.74 Å². The second kappa shape index (κ2) is 5.45. The van der Waals surface area contributed by atoms with Gasteiger partial charge in [0.25, 0.3) is 0 Å². The van der Waals surface area contributed by atoms with E-state index < -0.39 is 0 Å². The van der Waals surface area contributed by atoms with Crippen LogP contribution < -0.4 is 10.1 Å². The van der Waals surface area contributed by atoms with Crippen LogP contribution in [0.25, 0.3) is 0 Å². The first-order valence-corrected chi connectivity index (χ1v) is 6.81. The molecule has 98 valence electrons. The molecular formula is C17H19NO. The fraction of sp³-hybridized carbons (Fsp3) is 0.294. The molecule has 0 aliphatic carbocycles. The van der Waals surface area contributed by atoms with Crippen LogP contribution in [-0.2, 0) is 6.42 Å². The van der Waals surface area contributed by atoms with Gasteiger partial charge in [0.05, 0.1) is 7.11 Å². The Morgan fingerprint density at radius 3 is 2.74 bits per heavy atom. The lowest BCUT2D eigenvalue weighted by Gasteiger charge is -2.19. The maximum absolute atomic E-state index is 5.38.